The van der Waals surface area contributed by atoms with Gasteiger partial charge in [0.2, 0.25) is 0 Å². The van der Waals surface area contributed by atoms with Crippen LogP contribution in [-0.2, 0) is 9.63 Å². The summed E-state index contributed by atoms with van der Waals surface area (Å²) in [4.78, 5) is 15.0. The molecule has 0 amide bonds. The molecule has 0 aromatic carbocycles. The molecule has 1 aliphatic heterocycles. The number of rotatable bonds is 1. The maximum atomic E-state index is 10.2. The van der Waals surface area contributed by atoms with E-state index in [1.807, 2.05) is 6.92 Å². The molecule has 2 atom stereocenters. The number of carboxylic acid groups (broad SMARTS) is 1. The standard InChI is InChI=1S/C6H9NO3/c1-4-2-3-5(6(8)9)10-7-4/h2-5,7H,1H3,(H,8,9)/t4-,5-/m0/s1. The Labute approximate surface area is 58.4 Å². The second kappa shape index (κ2) is 2.81. The third kappa shape index (κ3) is 1.55. The number of nitrogens with one attached hydrogen (secondary N) is 1. The van der Waals surface area contributed by atoms with Crippen LogP contribution >= 0.6 is 0 Å². The van der Waals surface area contributed by atoms with Gasteiger partial charge in [0, 0.05) is 6.04 Å². The van der Waals surface area contributed by atoms with Gasteiger partial charge in [-0.25, -0.2) is 4.79 Å². The molecule has 0 spiro atoms. The summed E-state index contributed by atoms with van der Waals surface area (Å²) in [6.07, 6.45) is 2.43. The molecule has 0 aromatic heterocycles. The molecule has 0 saturated heterocycles. The molecule has 56 valence electrons. The number of hydrogen-bond acceptors (Lipinski definition) is 3. The fraction of sp³-hybridized carbons (Fsp3) is 0.500. The zero-order chi connectivity index (χ0) is 7.56. The molecule has 1 heterocycles. The van der Waals surface area contributed by atoms with Crippen molar-refractivity contribution in [3.8, 4) is 0 Å². The minimum absolute atomic E-state index is 0.0931. The molecule has 0 aliphatic carbocycles. The SMILES string of the molecule is C[C@H]1C=C[C@@H](C(=O)O)ON1. The molecular weight excluding hydrogens is 134 g/mol. The summed E-state index contributed by atoms with van der Waals surface area (Å²) < 4.78 is 0. The predicted molar refractivity (Wildman–Crippen MR) is 34.2 cm³/mol. The van der Waals surface area contributed by atoms with Gasteiger partial charge in [0.05, 0.1) is 0 Å². The Bertz CT molecular complexity index is 166. The molecule has 2 N–H and O–H groups in total. The molecule has 1 aliphatic rings. The first-order valence-corrected chi connectivity index (χ1v) is 3.02. The van der Waals surface area contributed by atoms with Crippen LogP contribution in [0.3, 0.4) is 0 Å². The smallest absolute Gasteiger partial charge is 0.339 e. The van der Waals surface area contributed by atoms with Crippen molar-refractivity contribution in [2.75, 3.05) is 0 Å². The summed E-state index contributed by atoms with van der Waals surface area (Å²) in [7, 11) is 0. The van der Waals surface area contributed by atoms with Crippen LogP contribution in [0, 0.1) is 0 Å². The van der Waals surface area contributed by atoms with E-state index in [0.717, 1.165) is 0 Å². The largest absolute Gasteiger partial charge is 0.479 e. The molecule has 0 unspecified atom stereocenters. The average Bonchev–Trinajstić information content (AvgIpc) is 1.88. The molecular formula is C6H9NO3. The highest BCUT2D eigenvalue weighted by Crippen LogP contribution is 2.01. The van der Waals surface area contributed by atoms with E-state index in [-0.39, 0.29) is 6.04 Å². The third-order valence-electron chi connectivity index (χ3n) is 1.20. The lowest BCUT2D eigenvalue weighted by molar-refractivity contribution is -0.153. The van der Waals surface area contributed by atoms with Gasteiger partial charge in [-0.2, -0.15) is 5.48 Å². The number of aliphatic carboxylic acids is 1. The van der Waals surface area contributed by atoms with Crippen molar-refractivity contribution in [2.24, 2.45) is 0 Å². The summed E-state index contributed by atoms with van der Waals surface area (Å²) >= 11 is 0. The second-order valence-electron chi connectivity index (χ2n) is 2.17. The van der Waals surface area contributed by atoms with Crippen LogP contribution in [0.4, 0.5) is 0 Å². The van der Waals surface area contributed by atoms with Crippen molar-refractivity contribution in [2.45, 2.75) is 19.1 Å². The third-order valence-corrected chi connectivity index (χ3v) is 1.20. The van der Waals surface area contributed by atoms with E-state index in [0.29, 0.717) is 0 Å². The maximum absolute atomic E-state index is 10.2. The summed E-state index contributed by atoms with van der Waals surface area (Å²) in [5, 5.41) is 8.41. The number of hydroxylamine groups is 1. The Morgan fingerprint density at radius 1 is 1.70 bits per heavy atom. The highest BCUT2D eigenvalue weighted by atomic mass is 16.7. The monoisotopic (exact) mass is 143 g/mol. The fourth-order valence-corrected chi connectivity index (χ4v) is 0.660. The molecule has 0 aromatic rings. The lowest BCUT2D eigenvalue weighted by Gasteiger charge is -2.18. The highest BCUT2D eigenvalue weighted by molar-refractivity contribution is 5.74. The van der Waals surface area contributed by atoms with Gasteiger partial charge in [-0.1, -0.05) is 6.08 Å². The van der Waals surface area contributed by atoms with Gasteiger partial charge >= 0.3 is 5.97 Å². The summed E-state index contributed by atoms with van der Waals surface area (Å²) in [5.41, 5.74) is 2.55. The molecule has 4 nitrogen and oxygen atoms in total. The van der Waals surface area contributed by atoms with Gasteiger partial charge in [0.25, 0.3) is 0 Å². The van der Waals surface area contributed by atoms with Gasteiger partial charge in [0.1, 0.15) is 0 Å². The van der Waals surface area contributed by atoms with Crippen molar-refractivity contribution in [1.82, 2.24) is 5.48 Å². The van der Waals surface area contributed by atoms with E-state index in [9.17, 15) is 4.79 Å². The predicted octanol–water partition coefficient (Wildman–Crippen LogP) is -0.0809. The molecule has 0 radical (unpaired) electrons. The first-order chi connectivity index (χ1) is 4.70. The molecule has 10 heavy (non-hydrogen) atoms. The van der Waals surface area contributed by atoms with Gasteiger partial charge in [-0.15, -0.1) is 0 Å². The Balaban J connectivity index is 2.53. The first kappa shape index (κ1) is 7.24. The normalized spacial score (nSPS) is 32.1. The van der Waals surface area contributed by atoms with Crippen LogP contribution in [-0.4, -0.2) is 23.2 Å². The molecule has 1 rings (SSSR count). The van der Waals surface area contributed by atoms with Crippen LogP contribution in [0.2, 0.25) is 0 Å². The van der Waals surface area contributed by atoms with Crippen molar-refractivity contribution >= 4 is 5.97 Å². The van der Waals surface area contributed by atoms with E-state index in [1.165, 1.54) is 6.08 Å². The van der Waals surface area contributed by atoms with E-state index in [1.54, 1.807) is 6.08 Å². The van der Waals surface area contributed by atoms with Crippen molar-refractivity contribution in [3.63, 3.8) is 0 Å². The molecule has 0 saturated carbocycles. The van der Waals surface area contributed by atoms with E-state index < -0.39 is 12.1 Å². The van der Waals surface area contributed by atoms with E-state index >= 15 is 0 Å². The van der Waals surface area contributed by atoms with E-state index in [2.05, 4.69) is 5.48 Å². The minimum Gasteiger partial charge on any atom is -0.479 e. The Morgan fingerprint density at radius 2 is 2.40 bits per heavy atom. The van der Waals surface area contributed by atoms with Gasteiger partial charge in [0.15, 0.2) is 6.10 Å². The number of carboxylic acids is 1. The minimum atomic E-state index is -0.976. The molecule has 0 fully saturated rings. The van der Waals surface area contributed by atoms with Crippen LogP contribution in [0.25, 0.3) is 0 Å². The lowest BCUT2D eigenvalue weighted by Crippen LogP contribution is -2.37. The quantitative estimate of drug-likeness (QED) is 0.504. The Kier molecular flexibility index (Phi) is 2.03. The zero-order valence-corrected chi connectivity index (χ0v) is 5.57. The Hall–Kier alpha value is -0.870. The van der Waals surface area contributed by atoms with Crippen LogP contribution in [0.15, 0.2) is 12.2 Å². The molecule has 4 heteroatoms. The second-order valence-corrected chi connectivity index (χ2v) is 2.17. The van der Waals surface area contributed by atoms with Gasteiger partial charge in [-0.05, 0) is 13.0 Å². The topological polar surface area (TPSA) is 58.6 Å². The fourth-order valence-electron chi connectivity index (χ4n) is 0.660. The average molecular weight is 143 g/mol. The van der Waals surface area contributed by atoms with Crippen LogP contribution in [0.5, 0.6) is 0 Å². The summed E-state index contributed by atoms with van der Waals surface area (Å²) in [6.45, 7) is 1.87. The van der Waals surface area contributed by atoms with Crippen molar-refractivity contribution < 1.29 is 14.7 Å². The molecule has 0 bridgehead atoms. The highest BCUT2D eigenvalue weighted by Gasteiger charge is 2.18. The van der Waals surface area contributed by atoms with E-state index in [4.69, 9.17) is 9.94 Å². The Morgan fingerprint density at radius 3 is 2.80 bits per heavy atom. The first-order valence-electron chi connectivity index (χ1n) is 3.02. The summed E-state index contributed by atoms with van der Waals surface area (Å²) in [5.74, 6) is -0.976. The van der Waals surface area contributed by atoms with Crippen molar-refractivity contribution in [1.29, 1.82) is 0 Å². The summed E-state index contributed by atoms with van der Waals surface area (Å²) in [6, 6.07) is 0.0931. The number of hydrogen-bond donors (Lipinski definition) is 2. The van der Waals surface area contributed by atoms with Crippen LogP contribution < -0.4 is 5.48 Å². The number of carbonyl (C=O) groups is 1. The van der Waals surface area contributed by atoms with Crippen molar-refractivity contribution in [3.05, 3.63) is 12.2 Å². The van der Waals surface area contributed by atoms with Crippen LogP contribution in [0.1, 0.15) is 6.92 Å². The van der Waals surface area contributed by atoms with Gasteiger partial charge in [-0.3, -0.25) is 4.84 Å². The van der Waals surface area contributed by atoms with Gasteiger partial charge < -0.3 is 5.11 Å². The zero-order valence-electron chi connectivity index (χ0n) is 5.57. The lowest BCUT2D eigenvalue weighted by atomic mass is 10.2. The maximum Gasteiger partial charge on any atom is 0.339 e.